The monoisotopic (exact) mass is 278 g/mol. The summed E-state index contributed by atoms with van der Waals surface area (Å²) in [7, 11) is 0. The van der Waals surface area contributed by atoms with Gasteiger partial charge < -0.3 is 10.2 Å². The normalized spacial score (nSPS) is 32.9. The van der Waals surface area contributed by atoms with Crippen molar-refractivity contribution in [2.24, 2.45) is 17.8 Å². The van der Waals surface area contributed by atoms with Gasteiger partial charge >= 0.3 is 0 Å². The van der Waals surface area contributed by atoms with Crippen LogP contribution in [0.15, 0.2) is 23.8 Å². The second-order valence-corrected chi connectivity index (χ2v) is 6.50. The number of aliphatic hydroxyl groups excluding tert-OH is 2. The van der Waals surface area contributed by atoms with E-state index in [0.29, 0.717) is 24.4 Å². The summed E-state index contributed by atoms with van der Waals surface area (Å²) < 4.78 is 0. The summed E-state index contributed by atoms with van der Waals surface area (Å²) in [4.78, 5) is 0. The minimum Gasteiger partial charge on any atom is -0.396 e. The number of hydrogen-bond acceptors (Lipinski definition) is 2. The average molecular weight is 278 g/mol. The van der Waals surface area contributed by atoms with Crippen molar-refractivity contribution in [1.82, 2.24) is 0 Å². The molecule has 1 saturated carbocycles. The fraction of sp³-hybridized carbons (Fsp3) is 0.778. The summed E-state index contributed by atoms with van der Waals surface area (Å²) in [6.45, 7) is 2.51. The topological polar surface area (TPSA) is 40.5 Å². The third kappa shape index (κ3) is 3.95. The number of aliphatic hydroxyl groups is 2. The van der Waals surface area contributed by atoms with E-state index in [9.17, 15) is 5.11 Å². The predicted octanol–water partition coefficient (Wildman–Crippen LogP) is 3.84. The molecule has 2 heteroatoms. The Morgan fingerprint density at radius 2 is 2.15 bits per heavy atom. The van der Waals surface area contributed by atoms with Crippen molar-refractivity contribution < 1.29 is 10.2 Å². The molecule has 0 heterocycles. The molecule has 4 atom stereocenters. The Morgan fingerprint density at radius 3 is 2.90 bits per heavy atom. The lowest BCUT2D eigenvalue weighted by Gasteiger charge is -2.15. The molecule has 2 aliphatic carbocycles. The van der Waals surface area contributed by atoms with Gasteiger partial charge in [0.15, 0.2) is 0 Å². The van der Waals surface area contributed by atoms with Crippen LogP contribution < -0.4 is 0 Å². The lowest BCUT2D eigenvalue weighted by atomic mass is 9.91. The standard InChI is InChI=1S/C18H30O2/c1-2-3-5-9-16-17-12-14(8-6-4-7-10-19)11-15(17)13-18(16)20/h5,9,12,15-20H,2-4,6-8,10-11,13H2,1H3/b9-5+/t15?,16-,17?,18-/m1/s1. The summed E-state index contributed by atoms with van der Waals surface area (Å²) in [6.07, 6.45) is 15.8. The third-order valence-electron chi connectivity index (χ3n) is 4.90. The fourth-order valence-corrected chi connectivity index (χ4v) is 3.84. The molecular weight excluding hydrogens is 248 g/mol. The Bertz CT molecular complexity index is 345. The Kier molecular flexibility index (Phi) is 6.31. The van der Waals surface area contributed by atoms with Crippen LogP contribution in [-0.2, 0) is 0 Å². The first-order chi connectivity index (χ1) is 9.76. The number of unbranched alkanes of at least 4 members (excludes halogenated alkanes) is 3. The Balaban J connectivity index is 1.86. The van der Waals surface area contributed by atoms with Crippen molar-refractivity contribution in [2.75, 3.05) is 6.61 Å². The van der Waals surface area contributed by atoms with Gasteiger partial charge in [0.2, 0.25) is 0 Å². The minimum absolute atomic E-state index is 0.134. The number of hydrogen-bond donors (Lipinski definition) is 2. The fourth-order valence-electron chi connectivity index (χ4n) is 3.84. The van der Waals surface area contributed by atoms with E-state index < -0.39 is 0 Å². The molecule has 2 aliphatic rings. The highest BCUT2D eigenvalue weighted by Crippen LogP contribution is 2.48. The number of fused-ring (bicyclic) bond motifs is 1. The first-order valence-electron chi connectivity index (χ1n) is 8.41. The van der Waals surface area contributed by atoms with Crippen LogP contribution in [0.4, 0.5) is 0 Å². The molecule has 2 N–H and O–H groups in total. The molecule has 2 unspecified atom stereocenters. The van der Waals surface area contributed by atoms with Gasteiger partial charge in [-0.15, -0.1) is 0 Å². The van der Waals surface area contributed by atoms with Crippen LogP contribution in [0.3, 0.4) is 0 Å². The highest BCUT2D eigenvalue weighted by Gasteiger charge is 2.42. The van der Waals surface area contributed by atoms with Crippen LogP contribution in [0, 0.1) is 17.8 Å². The Morgan fingerprint density at radius 1 is 1.30 bits per heavy atom. The van der Waals surface area contributed by atoms with Gasteiger partial charge in [-0.1, -0.05) is 43.6 Å². The van der Waals surface area contributed by atoms with Crippen LogP contribution in [0.5, 0.6) is 0 Å². The molecule has 0 aromatic heterocycles. The van der Waals surface area contributed by atoms with Crippen molar-refractivity contribution in [3.05, 3.63) is 23.8 Å². The van der Waals surface area contributed by atoms with Crippen LogP contribution in [-0.4, -0.2) is 22.9 Å². The molecule has 0 aromatic carbocycles. The van der Waals surface area contributed by atoms with Crippen molar-refractivity contribution in [3.8, 4) is 0 Å². The molecule has 0 bridgehead atoms. The van der Waals surface area contributed by atoms with Gasteiger partial charge in [0.05, 0.1) is 6.10 Å². The molecule has 0 spiro atoms. The number of allylic oxidation sites excluding steroid dienone is 3. The van der Waals surface area contributed by atoms with Crippen LogP contribution in [0.25, 0.3) is 0 Å². The second kappa shape index (κ2) is 7.99. The van der Waals surface area contributed by atoms with Crippen LogP contribution in [0.1, 0.15) is 58.3 Å². The van der Waals surface area contributed by atoms with E-state index in [1.807, 2.05) is 0 Å². The summed E-state index contributed by atoms with van der Waals surface area (Å²) in [5.74, 6) is 1.60. The summed E-state index contributed by atoms with van der Waals surface area (Å²) in [5.41, 5.74) is 1.60. The molecule has 20 heavy (non-hydrogen) atoms. The molecule has 0 aromatic rings. The molecule has 0 aliphatic heterocycles. The molecule has 0 amide bonds. The van der Waals surface area contributed by atoms with E-state index in [1.165, 1.54) is 25.7 Å². The van der Waals surface area contributed by atoms with E-state index in [4.69, 9.17) is 5.11 Å². The van der Waals surface area contributed by atoms with Crippen molar-refractivity contribution in [2.45, 2.75) is 64.4 Å². The maximum absolute atomic E-state index is 10.2. The van der Waals surface area contributed by atoms with E-state index in [0.717, 1.165) is 25.7 Å². The third-order valence-corrected chi connectivity index (χ3v) is 4.90. The van der Waals surface area contributed by atoms with Gasteiger partial charge in [0.1, 0.15) is 0 Å². The summed E-state index contributed by atoms with van der Waals surface area (Å²) in [6, 6.07) is 0. The smallest absolute Gasteiger partial charge is 0.0611 e. The number of rotatable bonds is 8. The second-order valence-electron chi connectivity index (χ2n) is 6.50. The lowest BCUT2D eigenvalue weighted by Crippen LogP contribution is -2.15. The van der Waals surface area contributed by atoms with Gasteiger partial charge in [-0.2, -0.15) is 0 Å². The van der Waals surface area contributed by atoms with Crippen molar-refractivity contribution in [1.29, 1.82) is 0 Å². The quantitative estimate of drug-likeness (QED) is 0.523. The van der Waals surface area contributed by atoms with Gasteiger partial charge in [0.25, 0.3) is 0 Å². The Hall–Kier alpha value is -0.600. The van der Waals surface area contributed by atoms with Crippen molar-refractivity contribution in [3.63, 3.8) is 0 Å². The van der Waals surface area contributed by atoms with Gasteiger partial charge in [-0.25, -0.2) is 0 Å². The van der Waals surface area contributed by atoms with E-state index in [2.05, 4.69) is 25.2 Å². The van der Waals surface area contributed by atoms with Gasteiger partial charge in [-0.3, -0.25) is 0 Å². The highest BCUT2D eigenvalue weighted by molar-refractivity contribution is 5.21. The maximum Gasteiger partial charge on any atom is 0.0611 e. The average Bonchev–Trinajstić information content (AvgIpc) is 2.94. The molecule has 0 saturated heterocycles. The van der Waals surface area contributed by atoms with Crippen molar-refractivity contribution >= 4 is 0 Å². The molecule has 2 rings (SSSR count). The molecule has 0 radical (unpaired) electrons. The van der Waals surface area contributed by atoms with Crippen LogP contribution in [0.2, 0.25) is 0 Å². The molecular formula is C18H30O2. The van der Waals surface area contributed by atoms with E-state index in [1.54, 1.807) is 5.57 Å². The highest BCUT2D eigenvalue weighted by atomic mass is 16.3. The SMILES string of the molecule is CCC/C=C/[C@@H]1C2C=C(CCCCCO)CC2C[C@H]1O. The van der Waals surface area contributed by atoms with Gasteiger partial charge in [-0.05, 0) is 50.4 Å². The zero-order chi connectivity index (χ0) is 14.4. The Labute approximate surface area is 123 Å². The molecule has 1 fully saturated rings. The predicted molar refractivity (Wildman–Crippen MR) is 83.4 cm³/mol. The minimum atomic E-state index is -0.134. The lowest BCUT2D eigenvalue weighted by molar-refractivity contribution is 0.145. The zero-order valence-corrected chi connectivity index (χ0v) is 12.8. The first kappa shape index (κ1) is 15.8. The maximum atomic E-state index is 10.2. The van der Waals surface area contributed by atoms with E-state index in [-0.39, 0.29) is 6.10 Å². The largest absolute Gasteiger partial charge is 0.396 e. The first-order valence-corrected chi connectivity index (χ1v) is 8.41. The van der Waals surface area contributed by atoms with Crippen LogP contribution >= 0.6 is 0 Å². The summed E-state index contributed by atoms with van der Waals surface area (Å²) in [5, 5.41) is 19.0. The van der Waals surface area contributed by atoms with E-state index >= 15 is 0 Å². The van der Waals surface area contributed by atoms with Gasteiger partial charge in [0, 0.05) is 12.5 Å². The zero-order valence-electron chi connectivity index (χ0n) is 12.8. The molecule has 2 nitrogen and oxygen atoms in total. The summed E-state index contributed by atoms with van der Waals surface area (Å²) >= 11 is 0. The molecule has 114 valence electrons.